The van der Waals surface area contributed by atoms with Crippen LogP contribution in [0.1, 0.15) is 122 Å². The third-order valence-corrected chi connectivity index (χ3v) is 7.31. The smallest absolute Gasteiger partial charge is 0.224 e. The number of aryl methyl sites for hydroxylation is 1. The molecule has 1 aromatic heterocycles. The van der Waals surface area contributed by atoms with Gasteiger partial charge in [-0.05, 0) is 19.3 Å². The van der Waals surface area contributed by atoms with Crippen LogP contribution in [0.4, 0.5) is 0 Å². The second-order valence-corrected chi connectivity index (χ2v) is 10.6. The SMILES string of the molecule is CCCCCCCCCCCCCCCCCC1OCC(COCCCC[n+]2ccsc2)O1.[I-]. The van der Waals surface area contributed by atoms with Crippen molar-refractivity contribution >= 4 is 11.3 Å². The third kappa shape index (κ3) is 17.6. The molecule has 0 aliphatic carbocycles. The van der Waals surface area contributed by atoms with Gasteiger partial charge < -0.3 is 38.2 Å². The second kappa shape index (κ2) is 23.6. The first-order chi connectivity index (χ1) is 16.4. The first-order valence-electron chi connectivity index (χ1n) is 14.1. The summed E-state index contributed by atoms with van der Waals surface area (Å²) in [6.07, 6.45) is 26.6. The summed E-state index contributed by atoms with van der Waals surface area (Å²) in [7, 11) is 0. The molecule has 2 atom stereocenters. The second-order valence-electron chi connectivity index (χ2n) is 9.81. The minimum Gasteiger partial charge on any atom is -1.00 e. The number of hydrogen-bond acceptors (Lipinski definition) is 4. The predicted octanol–water partition coefficient (Wildman–Crippen LogP) is 4.84. The van der Waals surface area contributed by atoms with Crippen molar-refractivity contribution in [1.82, 2.24) is 0 Å². The number of nitrogens with zero attached hydrogens (tertiary/aromatic N) is 1. The highest BCUT2D eigenvalue weighted by Gasteiger charge is 2.25. The first kappa shape index (κ1) is 32.3. The zero-order chi connectivity index (χ0) is 23.2. The van der Waals surface area contributed by atoms with E-state index in [4.69, 9.17) is 14.2 Å². The molecule has 1 saturated heterocycles. The van der Waals surface area contributed by atoms with Crippen LogP contribution in [-0.2, 0) is 20.8 Å². The number of unbranched alkanes of at least 4 members (excludes halogenated alkanes) is 15. The maximum atomic E-state index is 6.00. The Morgan fingerprint density at radius 1 is 0.824 bits per heavy atom. The van der Waals surface area contributed by atoms with E-state index in [1.54, 1.807) is 11.3 Å². The van der Waals surface area contributed by atoms with Gasteiger partial charge in [0, 0.05) is 13.0 Å². The molecular formula is C28H52INO3S. The fourth-order valence-corrected chi connectivity index (χ4v) is 5.16. The van der Waals surface area contributed by atoms with Gasteiger partial charge in [-0.2, -0.15) is 4.57 Å². The lowest BCUT2D eigenvalue weighted by Gasteiger charge is -2.11. The Balaban J connectivity index is 0.00000578. The van der Waals surface area contributed by atoms with Crippen LogP contribution < -0.4 is 28.5 Å². The van der Waals surface area contributed by atoms with Crippen LogP contribution in [0.3, 0.4) is 0 Å². The summed E-state index contributed by atoms with van der Waals surface area (Å²) in [5.74, 6) is 0. The molecule has 2 heterocycles. The van der Waals surface area contributed by atoms with Crippen molar-refractivity contribution in [3.05, 3.63) is 17.1 Å². The third-order valence-electron chi connectivity index (χ3n) is 6.64. The minimum atomic E-state index is -0.00411. The number of rotatable bonds is 23. The molecule has 200 valence electrons. The summed E-state index contributed by atoms with van der Waals surface area (Å²) in [6.45, 7) is 5.54. The van der Waals surface area contributed by atoms with E-state index in [1.807, 2.05) is 0 Å². The molecule has 6 heteroatoms. The van der Waals surface area contributed by atoms with Gasteiger partial charge in [0.05, 0.1) is 18.6 Å². The topological polar surface area (TPSA) is 31.6 Å². The molecule has 2 rings (SSSR count). The lowest BCUT2D eigenvalue weighted by molar-refractivity contribution is -0.692. The zero-order valence-corrected chi connectivity index (χ0v) is 24.9. The standard InChI is InChI=1S/C28H52NO3S.HI/c1-2-3-4-5-6-7-8-9-10-11-12-13-14-15-16-19-28-31-25-27(32-28)24-30-22-18-17-20-29-21-23-33-26-29;/h21,23,26-28H,2-20,22,24-25H2,1H3;1H/q+1;/p-1. The van der Waals surface area contributed by atoms with E-state index in [0.717, 1.165) is 32.4 Å². The molecule has 0 saturated carbocycles. The number of ether oxygens (including phenoxy) is 3. The molecular weight excluding hydrogens is 557 g/mol. The van der Waals surface area contributed by atoms with E-state index in [0.29, 0.717) is 13.2 Å². The number of halogens is 1. The molecule has 0 bridgehead atoms. The van der Waals surface area contributed by atoms with E-state index < -0.39 is 0 Å². The van der Waals surface area contributed by atoms with E-state index in [9.17, 15) is 0 Å². The molecule has 0 aromatic carbocycles. The predicted molar refractivity (Wildman–Crippen MR) is 139 cm³/mol. The average Bonchev–Trinajstić information content (AvgIpc) is 3.51. The van der Waals surface area contributed by atoms with E-state index in [-0.39, 0.29) is 36.4 Å². The van der Waals surface area contributed by atoms with Gasteiger partial charge in [-0.25, -0.2) is 0 Å². The van der Waals surface area contributed by atoms with Crippen molar-refractivity contribution in [2.24, 2.45) is 0 Å². The summed E-state index contributed by atoms with van der Waals surface area (Å²) in [5, 5.41) is 2.11. The van der Waals surface area contributed by atoms with Crippen molar-refractivity contribution in [2.45, 2.75) is 141 Å². The van der Waals surface area contributed by atoms with Crippen molar-refractivity contribution < 1.29 is 42.8 Å². The maximum absolute atomic E-state index is 6.00. The van der Waals surface area contributed by atoms with Crippen LogP contribution in [0.5, 0.6) is 0 Å². The van der Waals surface area contributed by atoms with Crippen molar-refractivity contribution in [3.63, 3.8) is 0 Å². The molecule has 1 aliphatic rings. The first-order valence-corrected chi connectivity index (χ1v) is 15.1. The number of thiazole rings is 1. The van der Waals surface area contributed by atoms with Crippen molar-refractivity contribution in [3.8, 4) is 0 Å². The molecule has 1 aliphatic heterocycles. The largest absolute Gasteiger partial charge is 1.00 e. The van der Waals surface area contributed by atoms with Gasteiger partial charge in [-0.1, -0.05) is 108 Å². The molecule has 0 N–H and O–H groups in total. The van der Waals surface area contributed by atoms with Gasteiger partial charge in [0.15, 0.2) is 12.5 Å². The Hall–Kier alpha value is 0.240. The van der Waals surface area contributed by atoms with Crippen LogP contribution in [0, 0.1) is 0 Å². The van der Waals surface area contributed by atoms with Crippen LogP contribution in [-0.4, -0.2) is 32.2 Å². The average molecular weight is 610 g/mol. The lowest BCUT2D eigenvalue weighted by Crippen LogP contribution is -3.00. The Labute approximate surface area is 231 Å². The van der Waals surface area contributed by atoms with Crippen LogP contribution in [0.15, 0.2) is 17.1 Å². The molecule has 2 unspecified atom stereocenters. The molecule has 0 radical (unpaired) electrons. The van der Waals surface area contributed by atoms with E-state index in [2.05, 4.69) is 28.6 Å². The minimum absolute atomic E-state index is 0. The van der Waals surface area contributed by atoms with Gasteiger partial charge >= 0.3 is 0 Å². The summed E-state index contributed by atoms with van der Waals surface area (Å²) in [5.41, 5.74) is 2.16. The fourth-order valence-electron chi connectivity index (χ4n) is 4.53. The monoisotopic (exact) mass is 609 g/mol. The van der Waals surface area contributed by atoms with Crippen LogP contribution in [0.2, 0.25) is 0 Å². The van der Waals surface area contributed by atoms with Crippen LogP contribution in [0.25, 0.3) is 0 Å². The lowest BCUT2D eigenvalue weighted by atomic mass is 10.0. The summed E-state index contributed by atoms with van der Waals surface area (Å²) in [6, 6.07) is 0. The van der Waals surface area contributed by atoms with Crippen molar-refractivity contribution in [1.29, 1.82) is 0 Å². The normalized spacial score (nSPS) is 17.8. The van der Waals surface area contributed by atoms with Gasteiger partial charge in [0.25, 0.3) is 0 Å². The van der Waals surface area contributed by atoms with Crippen molar-refractivity contribution in [2.75, 3.05) is 19.8 Å². The molecule has 0 amide bonds. The highest BCUT2D eigenvalue weighted by atomic mass is 127. The summed E-state index contributed by atoms with van der Waals surface area (Å²) >= 11 is 1.74. The van der Waals surface area contributed by atoms with E-state index >= 15 is 0 Å². The van der Waals surface area contributed by atoms with Gasteiger partial charge in [0.1, 0.15) is 12.6 Å². The molecule has 0 spiro atoms. The van der Waals surface area contributed by atoms with Gasteiger partial charge in [-0.3, -0.25) is 0 Å². The fraction of sp³-hybridized carbons (Fsp3) is 0.893. The quantitative estimate of drug-likeness (QED) is 0.101. The van der Waals surface area contributed by atoms with Gasteiger partial charge in [-0.15, -0.1) is 0 Å². The van der Waals surface area contributed by atoms with Crippen LogP contribution >= 0.6 is 11.3 Å². The highest BCUT2D eigenvalue weighted by molar-refractivity contribution is 7.07. The highest BCUT2D eigenvalue weighted by Crippen LogP contribution is 2.19. The Morgan fingerprint density at radius 2 is 1.44 bits per heavy atom. The molecule has 4 nitrogen and oxygen atoms in total. The number of aromatic nitrogens is 1. The molecule has 1 fully saturated rings. The Morgan fingerprint density at radius 3 is 2.03 bits per heavy atom. The Kier molecular flexibility index (Phi) is 22.4. The zero-order valence-electron chi connectivity index (χ0n) is 21.9. The maximum Gasteiger partial charge on any atom is 0.224 e. The molecule has 34 heavy (non-hydrogen) atoms. The summed E-state index contributed by atoms with van der Waals surface area (Å²) < 4.78 is 19.8. The number of hydrogen-bond donors (Lipinski definition) is 0. The Bertz CT molecular complexity index is 532. The summed E-state index contributed by atoms with van der Waals surface area (Å²) in [4.78, 5) is 0. The van der Waals surface area contributed by atoms with Gasteiger partial charge in [0.2, 0.25) is 5.51 Å². The van der Waals surface area contributed by atoms with E-state index in [1.165, 1.54) is 96.3 Å². The molecule has 1 aromatic rings.